The molecule has 0 spiro atoms. The second-order valence-corrected chi connectivity index (χ2v) is 6.36. The van der Waals surface area contributed by atoms with Crippen molar-refractivity contribution in [1.29, 1.82) is 0 Å². The molecule has 2 fully saturated rings. The van der Waals surface area contributed by atoms with Crippen LogP contribution in [0.2, 0.25) is 0 Å². The first-order valence-electron chi connectivity index (χ1n) is 8.42. The Labute approximate surface area is 119 Å². The number of hydrogen-bond acceptors (Lipinski definition) is 3. The van der Waals surface area contributed by atoms with Crippen LogP contribution in [0.5, 0.6) is 0 Å². The highest BCUT2D eigenvalue weighted by Gasteiger charge is 2.30. The van der Waals surface area contributed by atoms with Crippen LogP contribution in [0.3, 0.4) is 0 Å². The van der Waals surface area contributed by atoms with E-state index in [4.69, 9.17) is 0 Å². The topological polar surface area (TPSA) is 18.5 Å². The molecule has 2 unspecified atom stereocenters. The Morgan fingerprint density at radius 1 is 1.16 bits per heavy atom. The highest BCUT2D eigenvalue weighted by Crippen LogP contribution is 2.28. The second kappa shape index (κ2) is 7.61. The minimum atomic E-state index is 0.720. The van der Waals surface area contributed by atoms with Crippen molar-refractivity contribution in [3.05, 3.63) is 0 Å². The summed E-state index contributed by atoms with van der Waals surface area (Å²) < 4.78 is 0. The van der Waals surface area contributed by atoms with Crippen LogP contribution in [0.15, 0.2) is 0 Å². The van der Waals surface area contributed by atoms with Gasteiger partial charge in [0.05, 0.1) is 0 Å². The lowest BCUT2D eigenvalue weighted by atomic mass is 9.98. The predicted octanol–water partition coefficient (Wildman–Crippen LogP) is 2.18. The monoisotopic (exact) mass is 267 g/mol. The van der Waals surface area contributed by atoms with E-state index in [1.54, 1.807) is 0 Å². The predicted molar refractivity (Wildman–Crippen MR) is 82.6 cm³/mol. The van der Waals surface area contributed by atoms with Gasteiger partial charge in [-0.2, -0.15) is 0 Å². The van der Waals surface area contributed by atoms with Crippen molar-refractivity contribution in [2.24, 2.45) is 5.92 Å². The number of likely N-dealkylation sites (tertiary alicyclic amines) is 1. The largest absolute Gasteiger partial charge is 0.315 e. The third-order valence-electron chi connectivity index (χ3n) is 5.37. The van der Waals surface area contributed by atoms with Crippen molar-refractivity contribution < 1.29 is 0 Å². The Bertz CT molecular complexity index is 246. The van der Waals surface area contributed by atoms with E-state index in [0.29, 0.717) is 0 Å². The van der Waals surface area contributed by atoms with E-state index in [0.717, 1.165) is 18.0 Å². The van der Waals surface area contributed by atoms with Crippen molar-refractivity contribution in [3.8, 4) is 0 Å². The van der Waals surface area contributed by atoms with Gasteiger partial charge in [-0.25, -0.2) is 0 Å². The van der Waals surface area contributed by atoms with Crippen LogP contribution in [0.4, 0.5) is 0 Å². The molecule has 1 aliphatic carbocycles. The summed E-state index contributed by atoms with van der Waals surface area (Å²) in [6, 6.07) is 1.52. The Morgan fingerprint density at radius 2 is 1.84 bits per heavy atom. The second-order valence-electron chi connectivity index (χ2n) is 6.36. The summed E-state index contributed by atoms with van der Waals surface area (Å²) >= 11 is 0. The van der Waals surface area contributed by atoms with Crippen LogP contribution in [0.1, 0.15) is 46.0 Å². The number of rotatable bonds is 7. The molecule has 2 rings (SSSR count). The van der Waals surface area contributed by atoms with E-state index >= 15 is 0 Å². The number of likely N-dealkylation sites (N-methyl/N-ethyl adjacent to an activating group) is 2. The molecule has 112 valence electrons. The molecule has 0 aromatic carbocycles. The summed E-state index contributed by atoms with van der Waals surface area (Å²) in [6.45, 7) is 10.8. The lowest BCUT2D eigenvalue weighted by Gasteiger charge is -2.29. The van der Waals surface area contributed by atoms with Gasteiger partial charge in [-0.1, -0.05) is 26.7 Å². The van der Waals surface area contributed by atoms with Crippen LogP contribution >= 0.6 is 0 Å². The first-order valence-corrected chi connectivity index (χ1v) is 8.42. The van der Waals surface area contributed by atoms with Crippen LogP contribution in [0.25, 0.3) is 0 Å². The van der Waals surface area contributed by atoms with Gasteiger partial charge in [0.25, 0.3) is 0 Å². The molecule has 0 bridgehead atoms. The zero-order chi connectivity index (χ0) is 13.7. The molecule has 0 radical (unpaired) electrons. The quantitative estimate of drug-likeness (QED) is 0.763. The molecule has 3 heteroatoms. The fourth-order valence-electron chi connectivity index (χ4n) is 4.13. The van der Waals surface area contributed by atoms with Crippen LogP contribution in [0, 0.1) is 5.92 Å². The van der Waals surface area contributed by atoms with E-state index in [1.165, 1.54) is 64.8 Å². The smallest absolute Gasteiger partial charge is 0.0235 e. The van der Waals surface area contributed by atoms with Gasteiger partial charge < -0.3 is 10.2 Å². The third kappa shape index (κ3) is 3.93. The maximum atomic E-state index is 3.59. The molecule has 19 heavy (non-hydrogen) atoms. The maximum Gasteiger partial charge on any atom is 0.0235 e. The zero-order valence-electron chi connectivity index (χ0n) is 13.2. The minimum absolute atomic E-state index is 0.720. The first kappa shape index (κ1) is 15.3. The Kier molecular flexibility index (Phi) is 6.11. The van der Waals surface area contributed by atoms with Crippen molar-refractivity contribution >= 4 is 0 Å². The Morgan fingerprint density at radius 3 is 2.42 bits per heavy atom. The first-order chi connectivity index (χ1) is 9.28. The van der Waals surface area contributed by atoms with Gasteiger partial charge in [0, 0.05) is 25.2 Å². The van der Waals surface area contributed by atoms with Gasteiger partial charge in [0.2, 0.25) is 0 Å². The SMILES string of the molecule is CCN(CC)C1CCN(CC(NC)C2CCCC2)C1. The summed E-state index contributed by atoms with van der Waals surface area (Å²) in [5.74, 6) is 0.928. The van der Waals surface area contributed by atoms with Gasteiger partial charge >= 0.3 is 0 Å². The summed E-state index contributed by atoms with van der Waals surface area (Å²) in [6.07, 6.45) is 7.15. The van der Waals surface area contributed by atoms with Gasteiger partial charge in [0.1, 0.15) is 0 Å². The Balaban J connectivity index is 1.79. The third-order valence-corrected chi connectivity index (χ3v) is 5.37. The molecule has 1 saturated carbocycles. The van der Waals surface area contributed by atoms with E-state index < -0.39 is 0 Å². The maximum absolute atomic E-state index is 3.59. The average Bonchev–Trinajstić information content (AvgIpc) is 3.09. The molecule has 0 aromatic rings. The van der Waals surface area contributed by atoms with E-state index in [2.05, 4.69) is 36.0 Å². The minimum Gasteiger partial charge on any atom is -0.315 e. The van der Waals surface area contributed by atoms with Crippen LogP contribution < -0.4 is 5.32 Å². The highest BCUT2D eigenvalue weighted by molar-refractivity contribution is 4.88. The van der Waals surface area contributed by atoms with Gasteiger partial charge in [0.15, 0.2) is 0 Å². The van der Waals surface area contributed by atoms with Crippen LogP contribution in [-0.2, 0) is 0 Å². The molecule has 2 atom stereocenters. The van der Waals surface area contributed by atoms with Gasteiger partial charge in [-0.05, 0) is 51.9 Å². The number of hydrogen-bond donors (Lipinski definition) is 1. The molecule has 3 nitrogen and oxygen atoms in total. The molecular weight excluding hydrogens is 234 g/mol. The molecule has 1 heterocycles. The van der Waals surface area contributed by atoms with Crippen LogP contribution in [-0.4, -0.2) is 61.7 Å². The molecule has 0 aromatic heterocycles. The van der Waals surface area contributed by atoms with Crippen molar-refractivity contribution in [1.82, 2.24) is 15.1 Å². The van der Waals surface area contributed by atoms with E-state index in [1.807, 2.05) is 0 Å². The number of nitrogens with one attached hydrogen (secondary N) is 1. The standard InChI is InChI=1S/C16H33N3/c1-4-19(5-2)15-10-11-18(12-15)13-16(17-3)14-8-6-7-9-14/h14-17H,4-13H2,1-3H3. The number of nitrogens with zero attached hydrogens (tertiary/aromatic N) is 2. The van der Waals surface area contributed by atoms with Crippen molar-refractivity contribution in [3.63, 3.8) is 0 Å². The van der Waals surface area contributed by atoms with Gasteiger partial charge in [-0.3, -0.25) is 4.90 Å². The molecular formula is C16H33N3. The molecule has 1 N–H and O–H groups in total. The summed E-state index contributed by atoms with van der Waals surface area (Å²) in [4.78, 5) is 5.33. The summed E-state index contributed by atoms with van der Waals surface area (Å²) in [5, 5.41) is 3.59. The summed E-state index contributed by atoms with van der Waals surface area (Å²) in [7, 11) is 2.15. The zero-order valence-corrected chi connectivity index (χ0v) is 13.2. The van der Waals surface area contributed by atoms with Crippen molar-refractivity contribution in [2.75, 3.05) is 39.8 Å². The lowest BCUT2D eigenvalue weighted by Crippen LogP contribution is -2.44. The van der Waals surface area contributed by atoms with E-state index in [9.17, 15) is 0 Å². The fourth-order valence-corrected chi connectivity index (χ4v) is 4.13. The lowest BCUT2D eigenvalue weighted by molar-refractivity contribution is 0.196. The highest BCUT2D eigenvalue weighted by atomic mass is 15.3. The van der Waals surface area contributed by atoms with Gasteiger partial charge in [-0.15, -0.1) is 0 Å². The average molecular weight is 267 g/mol. The Hall–Kier alpha value is -0.120. The fraction of sp³-hybridized carbons (Fsp3) is 1.00. The molecule has 2 aliphatic rings. The summed E-state index contributed by atoms with van der Waals surface area (Å²) in [5.41, 5.74) is 0. The molecule has 0 amide bonds. The normalized spacial score (nSPS) is 27.5. The molecule has 1 saturated heterocycles. The van der Waals surface area contributed by atoms with E-state index in [-0.39, 0.29) is 0 Å². The van der Waals surface area contributed by atoms with Crippen molar-refractivity contribution in [2.45, 2.75) is 58.0 Å². The molecule has 1 aliphatic heterocycles.